The lowest BCUT2D eigenvalue weighted by atomic mass is 9.96. The molecule has 7 nitrogen and oxygen atoms in total. The van der Waals surface area contributed by atoms with Crippen LogP contribution in [0.5, 0.6) is 0 Å². The van der Waals surface area contributed by atoms with Crippen LogP contribution in [-0.2, 0) is 30.2 Å². The Labute approximate surface area is 179 Å². The second kappa shape index (κ2) is 7.55. The zero-order valence-electron chi connectivity index (χ0n) is 17.8. The molecule has 0 saturated carbocycles. The van der Waals surface area contributed by atoms with Crippen LogP contribution in [0.4, 0.5) is 0 Å². The molecule has 0 aliphatic carbocycles. The fraction of sp³-hybridized carbons (Fsp3) is 0.375. The molecular formula is C24H27N2O5+. The number of aromatic nitrogens is 2. The Kier molecular flexibility index (Phi) is 4.96. The minimum absolute atomic E-state index is 0.192. The third kappa shape index (κ3) is 3.04. The summed E-state index contributed by atoms with van der Waals surface area (Å²) < 4.78 is 15.8. The summed E-state index contributed by atoms with van der Waals surface area (Å²) >= 11 is 0. The van der Waals surface area contributed by atoms with Gasteiger partial charge in [-0.05, 0) is 23.9 Å². The predicted molar refractivity (Wildman–Crippen MR) is 116 cm³/mol. The SMILES string of the molecule is Cc1c2cc[n+](C)cc2c(CO[C@@H]2O[C@@H](CO)[C@@H](O)[C@@H]2O)c2c3ccccc3n(C)c12. The Morgan fingerprint density at radius 1 is 1.10 bits per heavy atom. The number of para-hydroxylation sites is 1. The molecule has 7 heteroatoms. The minimum atomic E-state index is -1.21. The van der Waals surface area contributed by atoms with E-state index in [9.17, 15) is 15.3 Å². The van der Waals surface area contributed by atoms with E-state index in [0.29, 0.717) is 0 Å². The molecule has 0 amide bonds. The van der Waals surface area contributed by atoms with Crippen LogP contribution in [0, 0.1) is 6.92 Å². The van der Waals surface area contributed by atoms with Gasteiger partial charge in [-0.1, -0.05) is 18.2 Å². The highest BCUT2D eigenvalue weighted by atomic mass is 16.7. The molecule has 2 aromatic heterocycles. The van der Waals surface area contributed by atoms with Gasteiger partial charge in [0.1, 0.15) is 25.4 Å². The molecule has 0 spiro atoms. The molecule has 31 heavy (non-hydrogen) atoms. The van der Waals surface area contributed by atoms with E-state index in [1.54, 1.807) is 0 Å². The average Bonchev–Trinajstić information content (AvgIpc) is 3.22. The van der Waals surface area contributed by atoms with Gasteiger partial charge in [0.2, 0.25) is 0 Å². The summed E-state index contributed by atoms with van der Waals surface area (Å²) in [5, 5.41) is 34.2. The summed E-state index contributed by atoms with van der Waals surface area (Å²) in [7, 11) is 4.06. The smallest absolute Gasteiger partial charge is 0.187 e. The number of nitrogens with zero attached hydrogens (tertiary/aromatic N) is 2. The second-order valence-corrected chi connectivity index (χ2v) is 8.36. The average molecular weight is 423 g/mol. The molecule has 4 aromatic rings. The standard InChI is InChI=1S/C24H27N2O5/c1-13-14-8-9-25(2)10-16(14)17(12-30-24-23(29)22(28)19(11-27)31-24)20-15-6-4-5-7-18(15)26(3)21(13)20/h4-10,19,22-24,27-29H,11-12H2,1-3H3/q+1/t19-,22+,23-,24+/m0/s1. The highest BCUT2D eigenvalue weighted by Gasteiger charge is 2.43. The zero-order valence-corrected chi connectivity index (χ0v) is 17.8. The molecule has 0 radical (unpaired) electrons. The maximum Gasteiger partial charge on any atom is 0.187 e. The summed E-state index contributed by atoms with van der Waals surface area (Å²) in [6, 6.07) is 10.4. The Hall–Kier alpha value is -2.55. The van der Waals surface area contributed by atoms with E-state index >= 15 is 0 Å². The maximum atomic E-state index is 10.3. The van der Waals surface area contributed by atoms with Gasteiger partial charge in [0.25, 0.3) is 0 Å². The van der Waals surface area contributed by atoms with E-state index < -0.39 is 24.6 Å². The van der Waals surface area contributed by atoms with Gasteiger partial charge in [-0.3, -0.25) is 0 Å². The van der Waals surface area contributed by atoms with Gasteiger partial charge in [0, 0.05) is 35.0 Å². The number of fused-ring (bicyclic) bond motifs is 4. The number of benzene rings is 2. The van der Waals surface area contributed by atoms with E-state index in [2.05, 4.69) is 42.9 Å². The van der Waals surface area contributed by atoms with Gasteiger partial charge < -0.3 is 29.4 Å². The molecule has 2 aromatic carbocycles. The van der Waals surface area contributed by atoms with Gasteiger partial charge in [-0.2, -0.15) is 0 Å². The molecule has 3 heterocycles. The van der Waals surface area contributed by atoms with Gasteiger partial charge in [0.05, 0.1) is 24.1 Å². The van der Waals surface area contributed by atoms with Crippen molar-refractivity contribution in [2.24, 2.45) is 14.1 Å². The summed E-state index contributed by atoms with van der Waals surface area (Å²) in [4.78, 5) is 0. The van der Waals surface area contributed by atoms with Crippen molar-refractivity contribution in [2.45, 2.75) is 38.1 Å². The third-order valence-corrected chi connectivity index (χ3v) is 6.48. The van der Waals surface area contributed by atoms with Gasteiger partial charge >= 0.3 is 0 Å². The molecule has 4 atom stereocenters. The van der Waals surface area contributed by atoms with Crippen molar-refractivity contribution < 1.29 is 29.4 Å². The van der Waals surface area contributed by atoms with Crippen molar-refractivity contribution in [1.29, 1.82) is 0 Å². The number of ether oxygens (including phenoxy) is 2. The molecule has 162 valence electrons. The van der Waals surface area contributed by atoms with E-state index in [0.717, 1.165) is 38.1 Å². The summed E-state index contributed by atoms with van der Waals surface area (Å²) in [5.74, 6) is 0. The minimum Gasteiger partial charge on any atom is -0.394 e. The second-order valence-electron chi connectivity index (χ2n) is 8.36. The van der Waals surface area contributed by atoms with Crippen LogP contribution in [-0.4, -0.2) is 51.1 Å². The molecule has 1 aliphatic rings. The van der Waals surface area contributed by atoms with E-state index in [1.807, 2.05) is 29.9 Å². The lowest BCUT2D eigenvalue weighted by molar-refractivity contribution is -0.670. The normalized spacial score (nSPS) is 24.1. The van der Waals surface area contributed by atoms with Crippen molar-refractivity contribution >= 4 is 32.6 Å². The number of aliphatic hydroxyl groups excluding tert-OH is 3. The van der Waals surface area contributed by atoms with E-state index in [4.69, 9.17) is 9.47 Å². The highest BCUT2D eigenvalue weighted by molar-refractivity contribution is 6.16. The summed E-state index contributed by atoms with van der Waals surface area (Å²) in [6.07, 6.45) is -0.149. The van der Waals surface area contributed by atoms with Crippen LogP contribution in [0.25, 0.3) is 32.6 Å². The molecule has 0 bridgehead atoms. The Bertz CT molecular complexity index is 1300. The van der Waals surface area contributed by atoms with Crippen LogP contribution in [0.3, 0.4) is 0 Å². The monoisotopic (exact) mass is 423 g/mol. The number of hydrogen-bond donors (Lipinski definition) is 3. The van der Waals surface area contributed by atoms with Crippen molar-refractivity contribution in [2.75, 3.05) is 6.61 Å². The first kappa shape index (κ1) is 20.4. The Balaban J connectivity index is 1.71. The van der Waals surface area contributed by atoms with Crippen LogP contribution in [0.15, 0.2) is 42.7 Å². The summed E-state index contributed by atoms with van der Waals surface area (Å²) in [5.41, 5.74) is 4.47. The molecular weight excluding hydrogens is 396 g/mol. The molecule has 1 aliphatic heterocycles. The van der Waals surface area contributed by atoms with Crippen molar-refractivity contribution in [3.05, 3.63) is 53.9 Å². The van der Waals surface area contributed by atoms with Gasteiger partial charge in [-0.25, -0.2) is 4.57 Å². The zero-order chi connectivity index (χ0) is 21.9. The van der Waals surface area contributed by atoms with E-state index in [1.165, 1.54) is 5.56 Å². The number of hydrogen-bond acceptors (Lipinski definition) is 5. The molecule has 1 fully saturated rings. The molecule has 1 saturated heterocycles. The lowest BCUT2D eigenvalue weighted by Gasteiger charge is -2.18. The Morgan fingerprint density at radius 3 is 2.61 bits per heavy atom. The van der Waals surface area contributed by atoms with Gasteiger partial charge in [0.15, 0.2) is 18.7 Å². The van der Waals surface area contributed by atoms with E-state index in [-0.39, 0.29) is 13.2 Å². The quantitative estimate of drug-likeness (QED) is 0.434. The number of pyridine rings is 1. The number of aliphatic hydroxyl groups is 3. The topological polar surface area (TPSA) is 88.0 Å². The van der Waals surface area contributed by atoms with Gasteiger partial charge in [-0.15, -0.1) is 0 Å². The first-order valence-corrected chi connectivity index (χ1v) is 10.4. The first-order chi connectivity index (χ1) is 14.9. The van der Waals surface area contributed by atoms with Crippen LogP contribution < -0.4 is 4.57 Å². The molecule has 3 N–H and O–H groups in total. The fourth-order valence-electron chi connectivity index (χ4n) is 4.88. The highest BCUT2D eigenvalue weighted by Crippen LogP contribution is 2.39. The largest absolute Gasteiger partial charge is 0.394 e. The molecule has 0 unspecified atom stereocenters. The van der Waals surface area contributed by atoms with Crippen molar-refractivity contribution in [3.8, 4) is 0 Å². The summed E-state index contributed by atoms with van der Waals surface area (Å²) in [6.45, 7) is 1.95. The first-order valence-electron chi connectivity index (χ1n) is 10.4. The number of aryl methyl sites for hydroxylation is 3. The van der Waals surface area contributed by atoms with Crippen LogP contribution in [0.2, 0.25) is 0 Å². The Morgan fingerprint density at radius 2 is 1.87 bits per heavy atom. The van der Waals surface area contributed by atoms with Crippen LogP contribution >= 0.6 is 0 Å². The fourth-order valence-corrected chi connectivity index (χ4v) is 4.88. The molecule has 5 rings (SSSR count). The van der Waals surface area contributed by atoms with Crippen molar-refractivity contribution in [1.82, 2.24) is 4.57 Å². The third-order valence-electron chi connectivity index (χ3n) is 6.48. The van der Waals surface area contributed by atoms with Crippen molar-refractivity contribution in [3.63, 3.8) is 0 Å². The predicted octanol–water partition coefficient (Wildman–Crippen LogP) is 1.57. The lowest BCUT2D eigenvalue weighted by Crippen LogP contribution is -2.34. The maximum absolute atomic E-state index is 10.3. The number of rotatable bonds is 4. The van der Waals surface area contributed by atoms with Crippen LogP contribution in [0.1, 0.15) is 11.1 Å².